The molecule has 0 saturated heterocycles. The Labute approximate surface area is 91.9 Å². The molecule has 2 atom stereocenters. The molecule has 0 amide bonds. The zero-order valence-electron chi connectivity index (χ0n) is 8.53. The molecule has 0 bridgehead atoms. The van der Waals surface area contributed by atoms with Crippen molar-refractivity contribution in [2.45, 2.75) is 12.3 Å². The Balaban J connectivity index is 2.44. The van der Waals surface area contributed by atoms with E-state index in [0.29, 0.717) is 11.1 Å². The van der Waals surface area contributed by atoms with Gasteiger partial charge in [0, 0.05) is 5.57 Å². The molecule has 0 fully saturated rings. The summed E-state index contributed by atoms with van der Waals surface area (Å²) in [5.74, 6) is 0. The molecule has 0 nitrogen and oxygen atoms in total. The summed E-state index contributed by atoms with van der Waals surface area (Å²) in [5.41, 5.74) is 0.932. The van der Waals surface area contributed by atoms with Crippen LogP contribution in [-0.2, 0) is 0 Å². The van der Waals surface area contributed by atoms with Gasteiger partial charge in [-0.1, -0.05) is 36.4 Å². The number of rotatable bonds is 0. The van der Waals surface area contributed by atoms with Crippen molar-refractivity contribution in [2.24, 2.45) is 0 Å². The summed E-state index contributed by atoms with van der Waals surface area (Å²) in [6, 6.07) is 7.34. The fourth-order valence-electron chi connectivity index (χ4n) is 2.28. The van der Waals surface area contributed by atoms with Gasteiger partial charge in [0.05, 0.1) is 0 Å². The molecule has 2 aliphatic carbocycles. The molecule has 3 rings (SSSR count). The maximum atomic E-state index is 13.8. The van der Waals surface area contributed by atoms with E-state index in [4.69, 9.17) is 0 Å². The number of halogens is 2. The third-order valence-electron chi connectivity index (χ3n) is 3.02. The number of hydrogen-bond donors (Lipinski definition) is 0. The Kier molecular flexibility index (Phi) is 2.03. The normalized spacial score (nSPS) is 26.6. The Hall–Kier alpha value is -1.70. The van der Waals surface area contributed by atoms with E-state index in [2.05, 4.69) is 0 Å². The molecule has 0 N–H and O–H groups in total. The van der Waals surface area contributed by atoms with Crippen LogP contribution in [0.25, 0.3) is 11.6 Å². The summed E-state index contributed by atoms with van der Waals surface area (Å²) >= 11 is 0. The molecule has 0 heterocycles. The van der Waals surface area contributed by atoms with Gasteiger partial charge in [-0.25, -0.2) is 8.78 Å². The largest absolute Gasteiger partial charge is 0.238 e. The summed E-state index contributed by atoms with van der Waals surface area (Å²) in [6.07, 6.45) is 3.83. The van der Waals surface area contributed by atoms with Crippen molar-refractivity contribution in [3.63, 3.8) is 0 Å². The van der Waals surface area contributed by atoms with E-state index in [9.17, 15) is 8.78 Å². The molecule has 2 unspecified atom stereocenters. The minimum absolute atomic E-state index is 0.453. The lowest BCUT2D eigenvalue weighted by atomic mass is 9.87. The number of allylic oxidation sites excluding steroid dienone is 4. The highest BCUT2D eigenvalue weighted by Crippen LogP contribution is 2.28. The second-order valence-corrected chi connectivity index (χ2v) is 3.98. The average molecular weight is 216 g/mol. The third kappa shape index (κ3) is 1.26. The van der Waals surface area contributed by atoms with Crippen LogP contribution in [0, 0.1) is 0 Å². The highest BCUT2D eigenvalue weighted by molar-refractivity contribution is 5.77. The van der Waals surface area contributed by atoms with Gasteiger partial charge in [-0.15, -0.1) is 0 Å². The van der Waals surface area contributed by atoms with Crippen LogP contribution >= 0.6 is 0 Å². The number of hydrogen-bond acceptors (Lipinski definition) is 0. The van der Waals surface area contributed by atoms with Gasteiger partial charge < -0.3 is 0 Å². The smallest absolute Gasteiger partial charge is 0.145 e. The zero-order chi connectivity index (χ0) is 11.1. The lowest BCUT2D eigenvalue weighted by Gasteiger charge is -2.22. The predicted molar refractivity (Wildman–Crippen MR) is 60.6 cm³/mol. The molecular formula is C14H10F2. The second kappa shape index (κ2) is 3.41. The summed E-state index contributed by atoms with van der Waals surface area (Å²) < 4.78 is 27.7. The first-order valence-electron chi connectivity index (χ1n) is 5.25. The van der Waals surface area contributed by atoms with Crippen molar-refractivity contribution in [1.29, 1.82) is 0 Å². The van der Waals surface area contributed by atoms with Crippen molar-refractivity contribution in [1.82, 2.24) is 0 Å². The highest BCUT2D eigenvalue weighted by atomic mass is 19.1. The van der Waals surface area contributed by atoms with Crippen LogP contribution in [0.3, 0.4) is 0 Å². The van der Waals surface area contributed by atoms with Crippen LogP contribution in [0.4, 0.5) is 8.78 Å². The minimum Gasteiger partial charge on any atom is -0.238 e. The van der Waals surface area contributed by atoms with E-state index in [-0.39, 0.29) is 0 Å². The van der Waals surface area contributed by atoms with Gasteiger partial charge in [-0.05, 0) is 28.2 Å². The molecule has 0 spiro atoms. The first-order valence-corrected chi connectivity index (χ1v) is 5.25. The van der Waals surface area contributed by atoms with E-state index >= 15 is 0 Å². The Morgan fingerprint density at radius 1 is 1.00 bits per heavy atom. The molecule has 80 valence electrons. The van der Waals surface area contributed by atoms with Gasteiger partial charge in [0.1, 0.15) is 12.3 Å². The Morgan fingerprint density at radius 2 is 1.81 bits per heavy atom. The SMILES string of the molecule is FC1C=c2ccccc2=C2C1=CC=CC2F. The van der Waals surface area contributed by atoms with Crippen molar-refractivity contribution in [3.8, 4) is 0 Å². The molecular weight excluding hydrogens is 206 g/mol. The fraction of sp³-hybridized carbons (Fsp3) is 0.143. The standard InChI is InChI=1S/C14H10F2/c15-12-7-3-6-11-13(16)8-9-4-1-2-5-10(9)14(11)12/h1-8,12-13H. The number of benzene rings is 1. The van der Waals surface area contributed by atoms with Crippen molar-refractivity contribution >= 4 is 11.6 Å². The summed E-state index contributed by atoms with van der Waals surface area (Å²) in [4.78, 5) is 0. The monoisotopic (exact) mass is 216 g/mol. The molecule has 0 saturated carbocycles. The molecule has 1 aromatic carbocycles. The lowest BCUT2D eigenvalue weighted by molar-refractivity contribution is 0.445. The lowest BCUT2D eigenvalue weighted by Crippen LogP contribution is -2.36. The van der Waals surface area contributed by atoms with Gasteiger partial charge in [-0.2, -0.15) is 0 Å². The van der Waals surface area contributed by atoms with E-state index in [0.717, 1.165) is 10.4 Å². The fourth-order valence-corrected chi connectivity index (χ4v) is 2.28. The van der Waals surface area contributed by atoms with Crippen LogP contribution in [0.5, 0.6) is 0 Å². The summed E-state index contributed by atoms with van der Waals surface area (Å²) in [7, 11) is 0. The third-order valence-corrected chi connectivity index (χ3v) is 3.02. The van der Waals surface area contributed by atoms with Crippen LogP contribution < -0.4 is 10.4 Å². The van der Waals surface area contributed by atoms with Crippen molar-refractivity contribution in [2.75, 3.05) is 0 Å². The van der Waals surface area contributed by atoms with Crippen LogP contribution in [0.15, 0.2) is 48.1 Å². The van der Waals surface area contributed by atoms with E-state index < -0.39 is 12.3 Å². The van der Waals surface area contributed by atoms with Crippen molar-refractivity contribution in [3.05, 3.63) is 58.5 Å². The summed E-state index contributed by atoms with van der Waals surface area (Å²) in [6.45, 7) is 0. The van der Waals surface area contributed by atoms with Crippen molar-refractivity contribution < 1.29 is 8.78 Å². The van der Waals surface area contributed by atoms with Crippen LogP contribution in [-0.4, -0.2) is 12.3 Å². The highest BCUT2D eigenvalue weighted by Gasteiger charge is 2.26. The average Bonchev–Trinajstić information content (AvgIpc) is 2.30. The maximum Gasteiger partial charge on any atom is 0.145 e. The van der Waals surface area contributed by atoms with E-state index in [1.807, 2.05) is 24.3 Å². The first kappa shape index (κ1) is 9.52. The predicted octanol–water partition coefficient (Wildman–Crippen LogP) is 1.80. The molecule has 2 aliphatic rings. The number of fused-ring (bicyclic) bond motifs is 2. The van der Waals surface area contributed by atoms with E-state index in [1.165, 1.54) is 12.2 Å². The molecule has 0 radical (unpaired) electrons. The maximum absolute atomic E-state index is 13.8. The molecule has 0 aliphatic heterocycles. The molecule has 1 aromatic rings. The van der Waals surface area contributed by atoms with Gasteiger partial charge >= 0.3 is 0 Å². The van der Waals surface area contributed by atoms with Gasteiger partial charge in [0.25, 0.3) is 0 Å². The Morgan fingerprint density at radius 3 is 2.69 bits per heavy atom. The Bertz CT molecular complexity index is 608. The topological polar surface area (TPSA) is 0 Å². The number of alkyl halides is 2. The minimum atomic E-state index is -1.20. The zero-order valence-corrected chi connectivity index (χ0v) is 8.53. The first-order chi connectivity index (χ1) is 7.77. The quantitative estimate of drug-likeness (QED) is 0.620. The summed E-state index contributed by atoms with van der Waals surface area (Å²) in [5, 5.41) is 1.58. The van der Waals surface area contributed by atoms with Crippen LogP contribution in [0.2, 0.25) is 0 Å². The van der Waals surface area contributed by atoms with Gasteiger partial charge in [-0.3, -0.25) is 0 Å². The van der Waals surface area contributed by atoms with Crippen LogP contribution in [0.1, 0.15) is 0 Å². The van der Waals surface area contributed by atoms with E-state index in [1.54, 1.807) is 12.2 Å². The molecule has 0 aromatic heterocycles. The second-order valence-electron chi connectivity index (χ2n) is 3.98. The molecule has 2 heteroatoms. The molecule has 16 heavy (non-hydrogen) atoms. The van der Waals surface area contributed by atoms with Gasteiger partial charge in [0.15, 0.2) is 0 Å². The van der Waals surface area contributed by atoms with Gasteiger partial charge in [0.2, 0.25) is 0 Å².